The first-order valence-electron chi connectivity index (χ1n) is 7.97. The molecule has 0 radical (unpaired) electrons. The van der Waals surface area contributed by atoms with Gasteiger partial charge in [-0.25, -0.2) is 0 Å². The Morgan fingerprint density at radius 2 is 1.67 bits per heavy atom. The Kier molecular flexibility index (Phi) is 5.31. The van der Waals surface area contributed by atoms with Gasteiger partial charge in [-0.3, -0.25) is 0 Å². The van der Waals surface area contributed by atoms with Gasteiger partial charge in [-0.15, -0.1) is 0 Å². The molecule has 0 aliphatic heterocycles. The van der Waals surface area contributed by atoms with E-state index >= 15 is 0 Å². The van der Waals surface area contributed by atoms with E-state index in [0.717, 1.165) is 5.76 Å². The highest BCUT2D eigenvalue weighted by atomic mass is 16.5. The molecule has 2 N–H and O–H groups in total. The van der Waals surface area contributed by atoms with Crippen LogP contribution in [0.15, 0.2) is 71.1 Å². The summed E-state index contributed by atoms with van der Waals surface area (Å²) in [7, 11) is 0. The number of para-hydroxylation sites is 2. The third kappa shape index (κ3) is 3.85. The van der Waals surface area contributed by atoms with E-state index in [1.165, 1.54) is 0 Å². The van der Waals surface area contributed by atoms with Crippen LogP contribution in [0.25, 0.3) is 0 Å². The number of hydrogen-bond donors (Lipinski definition) is 2. The zero-order valence-electron chi connectivity index (χ0n) is 13.3. The van der Waals surface area contributed by atoms with E-state index in [0.29, 0.717) is 35.7 Å². The Hall–Kier alpha value is -2.56. The number of aliphatic hydroxyl groups excluding tert-OH is 2. The van der Waals surface area contributed by atoms with Crippen LogP contribution in [-0.4, -0.2) is 16.8 Å². The minimum Gasteiger partial charge on any atom is -0.463 e. The number of ether oxygens (including phenoxy) is 1. The second kappa shape index (κ2) is 7.81. The van der Waals surface area contributed by atoms with Crippen LogP contribution in [0.3, 0.4) is 0 Å². The van der Waals surface area contributed by atoms with E-state index < -0.39 is 6.10 Å². The summed E-state index contributed by atoms with van der Waals surface area (Å²) in [5.74, 6) is 2.51. The van der Waals surface area contributed by atoms with Gasteiger partial charge in [0.1, 0.15) is 29.1 Å². The lowest BCUT2D eigenvalue weighted by Crippen LogP contribution is -2.01. The minimum atomic E-state index is -0.909. The predicted molar refractivity (Wildman–Crippen MR) is 91.1 cm³/mol. The van der Waals surface area contributed by atoms with Gasteiger partial charge in [0.15, 0.2) is 0 Å². The van der Waals surface area contributed by atoms with Crippen molar-refractivity contribution in [1.29, 1.82) is 0 Å². The molecule has 124 valence electrons. The molecule has 0 saturated carbocycles. The van der Waals surface area contributed by atoms with Crippen LogP contribution in [-0.2, 0) is 6.42 Å². The summed E-state index contributed by atoms with van der Waals surface area (Å²) in [6.07, 6.45) is 0.370. The van der Waals surface area contributed by atoms with Gasteiger partial charge >= 0.3 is 0 Å². The molecule has 0 aliphatic carbocycles. The Morgan fingerprint density at radius 1 is 0.917 bits per heavy atom. The second-order valence-corrected chi connectivity index (χ2v) is 5.49. The molecule has 1 heterocycles. The van der Waals surface area contributed by atoms with Gasteiger partial charge in [0.25, 0.3) is 0 Å². The quantitative estimate of drug-likeness (QED) is 0.687. The van der Waals surface area contributed by atoms with E-state index in [-0.39, 0.29) is 6.61 Å². The van der Waals surface area contributed by atoms with Crippen LogP contribution in [0.4, 0.5) is 0 Å². The van der Waals surface area contributed by atoms with E-state index in [1.807, 2.05) is 60.7 Å². The first-order valence-corrected chi connectivity index (χ1v) is 7.97. The van der Waals surface area contributed by atoms with E-state index in [1.54, 1.807) is 6.07 Å². The van der Waals surface area contributed by atoms with Crippen molar-refractivity contribution in [2.75, 3.05) is 6.61 Å². The second-order valence-electron chi connectivity index (χ2n) is 5.49. The number of rotatable bonds is 7. The lowest BCUT2D eigenvalue weighted by atomic mass is 10.1. The lowest BCUT2D eigenvalue weighted by molar-refractivity contribution is 0.183. The fourth-order valence-electron chi connectivity index (χ4n) is 2.50. The molecule has 1 aromatic heterocycles. The number of hydrogen-bond acceptors (Lipinski definition) is 4. The molecule has 1 unspecified atom stereocenters. The smallest absolute Gasteiger partial charge is 0.140 e. The third-order valence-electron chi connectivity index (χ3n) is 3.72. The van der Waals surface area contributed by atoms with Crippen LogP contribution in [0.2, 0.25) is 0 Å². The van der Waals surface area contributed by atoms with Crippen molar-refractivity contribution in [2.24, 2.45) is 0 Å². The van der Waals surface area contributed by atoms with Crippen LogP contribution in [0.1, 0.15) is 29.6 Å². The van der Waals surface area contributed by atoms with Gasteiger partial charge in [-0.05, 0) is 36.8 Å². The van der Waals surface area contributed by atoms with Crippen LogP contribution in [0.5, 0.6) is 11.5 Å². The fourth-order valence-corrected chi connectivity index (χ4v) is 2.50. The first kappa shape index (κ1) is 16.3. The molecule has 4 heteroatoms. The van der Waals surface area contributed by atoms with Gasteiger partial charge in [-0.1, -0.05) is 36.4 Å². The van der Waals surface area contributed by atoms with E-state index in [9.17, 15) is 5.11 Å². The lowest BCUT2D eigenvalue weighted by Gasteiger charge is -2.14. The first-order chi connectivity index (χ1) is 11.8. The maximum atomic E-state index is 10.7. The molecular formula is C20H20O4. The highest BCUT2D eigenvalue weighted by Gasteiger charge is 2.19. The SMILES string of the molecule is OCCCc1ccc(C(O)c2ccccc2Oc2ccccc2)o1. The van der Waals surface area contributed by atoms with E-state index in [4.69, 9.17) is 14.3 Å². The van der Waals surface area contributed by atoms with Crippen molar-refractivity contribution in [2.45, 2.75) is 18.9 Å². The Morgan fingerprint density at radius 3 is 2.46 bits per heavy atom. The van der Waals surface area contributed by atoms with E-state index in [2.05, 4.69) is 0 Å². The molecule has 3 rings (SSSR count). The standard InChI is InChI=1S/C20H20O4/c21-14-6-9-16-12-13-19(24-16)20(22)17-10-4-5-11-18(17)23-15-7-2-1-3-8-15/h1-5,7-8,10-13,20-22H,6,9,14H2. The number of aryl methyl sites for hydroxylation is 1. The molecule has 1 atom stereocenters. The van der Waals surface area contributed by atoms with Gasteiger partial charge in [0.2, 0.25) is 0 Å². The van der Waals surface area contributed by atoms with Crippen molar-refractivity contribution in [3.63, 3.8) is 0 Å². The van der Waals surface area contributed by atoms with Crippen molar-refractivity contribution in [3.05, 3.63) is 83.8 Å². The molecule has 3 aromatic rings. The molecule has 0 fully saturated rings. The summed E-state index contributed by atoms with van der Waals surface area (Å²) in [4.78, 5) is 0. The molecule has 4 nitrogen and oxygen atoms in total. The summed E-state index contributed by atoms with van der Waals surface area (Å²) in [6.45, 7) is 0.117. The zero-order valence-corrected chi connectivity index (χ0v) is 13.3. The van der Waals surface area contributed by atoms with Gasteiger partial charge in [0.05, 0.1) is 0 Å². The average Bonchev–Trinajstić information content (AvgIpc) is 3.10. The zero-order chi connectivity index (χ0) is 16.8. The average molecular weight is 324 g/mol. The Bertz CT molecular complexity index is 764. The molecule has 24 heavy (non-hydrogen) atoms. The number of benzene rings is 2. The van der Waals surface area contributed by atoms with Gasteiger partial charge < -0.3 is 19.4 Å². The maximum absolute atomic E-state index is 10.7. The van der Waals surface area contributed by atoms with Crippen molar-refractivity contribution in [1.82, 2.24) is 0 Å². The predicted octanol–water partition coefficient (Wildman–Crippen LogP) is 4.08. The van der Waals surface area contributed by atoms with Gasteiger partial charge in [0, 0.05) is 18.6 Å². The maximum Gasteiger partial charge on any atom is 0.140 e. The van der Waals surface area contributed by atoms with Crippen molar-refractivity contribution < 1.29 is 19.4 Å². The molecule has 0 bridgehead atoms. The van der Waals surface area contributed by atoms with Crippen LogP contribution < -0.4 is 4.74 Å². The topological polar surface area (TPSA) is 62.8 Å². The molecule has 0 aliphatic rings. The molecule has 0 amide bonds. The largest absolute Gasteiger partial charge is 0.463 e. The number of furan rings is 1. The molecule has 0 spiro atoms. The van der Waals surface area contributed by atoms with Crippen molar-refractivity contribution >= 4 is 0 Å². The summed E-state index contributed by atoms with van der Waals surface area (Å²) >= 11 is 0. The summed E-state index contributed by atoms with van der Waals surface area (Å²) in [6, 6.07) is 20.4. The highest BCUT2D eigenvalue weighted by molar-refractivity contribution is 5.41. The van der Waals surface area contributed by atoms with Crippen LogP contribution >= 0.6 is 0 Å². The fraction of sp³-hybridized carbons (Fsp3) is 0.200. The third-order valence-corrected chi connectivity index (χ3v) is 3.72. The van der Waals surface area contributed by atoms with Crippen LogP contribution in [0, 0.1) is 0 Å². The number of aliphatic hydroxyl groups is 2. The molecule has 2 aromatic carbocycles. The minimum absolute atomic E-state index is 0.117. The summed E-state index contributed by atoms with van der Waals surface area (Å²) in [5, 5.41) is 19.6. The summed E-state index contributed by atoms with van der Waals surface area (Å²) < 4.78 is 11.6. The molecular weight excluding hydrogens is 304 g/mol. The monoisotopic (exact) mass is 324 g/mol. The van der Waals surface area contributed by atoms with Crippen molar-refractivity contribution in [3.8, 4) is 11.5 Å². The highest BCUT2D eigenvalue weighted by Crippen LogP contribution is 2.33. The Labute approximate surface area is 141 Å². The molecule has 0 saturated heterocycles. The Balaban J connectivity index is 1.82. The normalized spacial score (nSPS) is 12.1. The summed E-state index contributed by atoms with van der Waals surface area (Å²) in [5.41, 5.74) is 0.643. The van der Waals surface area contributed by atoms with Gasteiger partial charge in [-0.2, -0.15) is 0 Å².